The van der Waals surface area contributed by atoms with E-state index in [1.54, 1.807) is 44.3 Å². The van der Waals surface area contributed by atoms with Crippen LogP contribution in [0.2, 0.25) is 0 Å². The fraction of sp³-hybridized carbons (Fsp3) is 0.467. The second-order valence-electron chi connectivity index (χ2n) is 5.90. The number of sulfonamides is 1. The Labute approximate surface area is 135 Å². The lowest BCUT2D eigenvalue weighted by atomic mass is 10.2. The van der Waals surface area contributed by atoms with Crippen LogP contribution < -0.4 is 0 Å². The molecule has 0 spiro atoms. The molecule has 124 valence electrons. The first-order valence-electron chi connectivity index (χ1n) is 7.49. The molecule has 1 aromatic carbocycles. The van der Waals surface area contributed by atoms with Gasteiger partial charge in [0.1, 0.15) is 6.04 Å². The first kappa shape index (κ1) is 15.9. The number of carbonyl (C=O) groups excluding carboxylic acids is 2. The predicted octanol–water partition coefficient (Wildman–Crippen LogP) is 0.732. The minimum absolute atomic E-state index is 0.148. The quantitative estimate of drug-likeness (QED) is 0.762. The van der Waals surface area contributed by atoms with Crippen molar-refractivity contribution in [2.75, 3.05) is 20.1 Å². The Kier molecular flexibility index (Phi) is 3.89. The minimum Gasteiger partial charge on any atom is -0.316 e. The number of benzene rings is 1. The molecule has 3 rings (SSSR count). The van der Waals surface area contributed by atoms with Crippen molar-refractivity contribution in [3.8, 4) is 0 Å². The summed E-state index contributed by atoms with van der Waals surface area (Å²) in [6.45, 7) is 2.12. The number of hydrogen-bond acceptors (Lipinski definition) is 4. The van der Waals surface area contributed by atoms with Gasteiger partial charge in [-0.3, -0.25) is 9.69 Å². The summed E-state index contributed by atoms with van der Waals surface area (Å²) in [7, 11) is -2.01. The van der Waals surface area contributed by atoms with Crippen molar-refractivity contribution < 1.29 is 18.0 Å². The molecule has 1 aromatic rings. The molecular weight excluding hydrogens is 318 g/mol. The molecule has 1 unspecified atom stereocenters. The maximum Gasteiger partial charge on any atom is 0.327 e. The van der Waals surface area contributed by atoms with Gasteiger partial charge in [-0.1, -0.05) is 18.2 Å². The standard InChI is InChI=1S/C15H19N3O4S/c1-11-14(19)18(15(20)16(11)2)12-8-9-17(10-12)23(21,22)13-6-4-3-5-7-13/h3-7,11-12H,8-10H2,1-2H3/t11?,12-/m0/s1. The average Bonchev–Trinajstić information content (AvgIpc) is 3.10. The predicted molar refractivity (Wildman–Crippen MR) is 83.1 cm³/mol. The first-order chi connectivity index (χ1) is 10.8. The van der Waals surface area contributed by atoms with Gasteiger partial charge in [-0.2, -0.15) is 4.31 Å². The topological polar surface area (TPSA) is 78.0 Å². The van der Waals surface area contributed by atoms with E-state index < -0.39 is 22.1 Å². The number of likely N-dealkylation sites (N-methyl/N-ethyl adjacent to an activating group) is 1. The van der Waals surface area contributed by atoms with E-state index >= 15 is 0 Å². The van der Waals surface area contributed by atoms with E-state index in [0.717, 1.165) is 0 Å². The zero-order valence-electron chi connectivity index (χ0n) is 13.0. The first-order valence-corrected chi connectivity index (χ1v) is 8.93. The van der Waals surface area contributed by atoms with Crippen LogP contribution in [0.1, 0.15) is 13.3 Å². The highest BCUT2D eigenvalue weighted by atomic mass is 32.2. The van der Waals surface area contributed by atoms with Gasteiger partial charge in [-0.25, -0.2) is 13.2 Å². The molecule has 0 radical (unpaired) electrons. The van der Waals surface area contributed by atoms with Crippen molar-refractivity contribution in [1.82, 2.24) is 14.1 Å². The third-order valence-corrected chi connectivity index (χ3v) is 6.44. The van der Waals surface area contributed by atoms with Gasteiger partial charge in [-0.15, -0.1) is 0 Å². The summed E-state index contributed by atoms with van der Waals surface area (Å²) in [5.41, 5.74) is 0. The Bertz CT molecular complexity index is 714. The van der Waals surface area contributed by atoms with Gasteiger partial charge >= 0.3 is 6.03 Å². The minimum atomic E-state index is -3.59. The van der Waals surface area contributed by atoms with Gasteiger partial charge in [-0.05, 0) is 25.5 Å². The van der Waals surface area contributed by atoms with Crippen LogP contribution in [0.4, 0.5) is 4.79 Å². The maximum atomic E-state index is 12.6. The molecular formula is C15H19N3O4S. The lowest BCUT2D eigenvalue weighted by Crippen LogP contribution is -2.43. The Morgan fingerprint density at radius 2 is 1.78 bits per heavy atom. The van der Waals surface area contributed by atoms with Gasteiger partial charge in [0.25, 0.3) is 5.91 Å². The van der Waals surface area contributed by atoms with Gasteiger partial charge in [0, 0.05) is 20.1 Å². The van der Waals surface area contributed by atoms with E-state index in [4.69, 9.17) is 0 Å². The molecule has 0 aromatic heterocycles. The second-order valence-corrected chi connectivity index (χ2v) is 7.83. The van der Waals surface area contributed by atoms with Gasteiger partial charge < -0.3 is 4.90 Å². The molecule has 23 heavy (non-hydrogen) atoms. The normalized spacial score (nSPS) is 26.3. The average molecular weight is 337 g/mol. The number of urea groups is 1. The summed E-state index contributed by atoms with van der Waals surface area (Å²) in [5.74, 6) is -0.263. The monoisotopic (exact) mass is 337 g/mol. The molecule has 2 atom stereocenters. The van der Waals surface area contributed by atoms with Crippen molar-refractivity contribution in [3.63, 3.8) is 0 Å². The van der Waals surface area contributed by atoms with Crippen LogP contribution in [0.5, 0.6) is 0 Å². The molecule has 0 saturated carbocycles. The Morgan fingerprint density at radius 3 is 2.35 bits per heavy atom. The fourth-order valence-corrected chi connectivity index (χ4v) is 4.53. The third-order valence-electron chi connectivity index (χ3n) is 4.56. The second kappa shape index (κ2) is 5.61. The highest BCUT2D eigenvalue weighted by Crippen LogP contribution is 2.27. The summed E-state index contributed by atoms with van der Waals surface area (Å²) in [4.78, 5) is 27.3. The zero-order valence-corrected chi connectivity index (χ0v) is 13.9. The van der Waals surface area contributed by atoms with E-state index in [1.807, 2.05) is 0 Å². The maximum absolute atomic E-state index is 12.6. The summed E-state index contributed by atoms with van der Waals surface area (Å²) in [6.07, 6.45) is 0.462. The van der Waals surface area contributed by atoms with E-state index in [2.05, 4.69) is 0 Å². The van der Waals surface area contributed by atoms with E-state index in [-0.39, 0.29) is 23.4 Å². The Balaban J connectivity index is 1.80. The lowest BCUT2D eigenvalue weighted by molar-refractivity contribution is -0.129. The van der Waals surface area contributed by atoms with Crippen molar-refractivity contribution >= 4 is 22.0 Å². The summed E-state index contributed by atoms with van der Waals surface area (Å²) < 4.78 is 26.6. The largest absolute Gasteiger partial charge is 0.327 e. The van der Waals surface area contributed by atoms with Crippen LogP contribution in [-0.2, 0) is 14.8 Å². The molecule has 0 bridgehead atoms. The smallest absolute Gasteiger partial charge is 0.316 e. The molecule has 2 saturated heterocycles. The molecule has 8 heteroatoms. The Morgan fingerprint density at radius 1 is 1.13 bits per heavy atom. The van der Waals surface area contributed by atoms with E-state index in [0.29, 0.717) is 13.0 Å². The summed E-state index contributed by atoms with van der Waals surface area (Å²) in [6, 6.07) is 6.93. The van der Waals surface area contributed by atoms with Crippen molar-refractivity contribution in [3.05, 3.63) is 30.3 Å². The zero-order chi connectivity index (χ0) is 16.8. The van der Waals surface area contributed by atoms with Gasteiger partial charge in [0.15, 0.2) is 0 Å². The van der Waals surface area contributed by atoms with E-state index in [1.165, 1.54) is 14.1 Å². The molecule has 0 N–H and O–H groups in total. The van der Waals surface area contributed by atoms with Crippen LogP contribution in [0.3, 0.4) is 0 Å². The lowest BCUT2D eigenvalue weighted by Gasteiger charge is -2.22. The number of nitrogens with zero attached hydrogens (tertiary/aromatic N) is 3. The molecule has 2 aliphatic rings. The number of imide groups is 1. The number of rotatable bonds is 3. The highest BCUT2D eigenvalue weighted by Gasteiger charge is 2.47. The fourth-order valence-electron chi connectivity index (χ4n) is 3.01. The molecule has 2 heterocycles. The van der Waals surface area contributed by atoms with Crippen LogP contribution in [-0.4, -0.2) is 66.7 Å². The molecule has 2 fully saturated rings. The molecule has 0 aliphatic carbocycles. The summed E-state index contributed by atoms with van der Waals surface area (Å²) >= 11 is 0. The van der Waals surface area contributed by atoms with E-state index in [9.17, 15) is 18.0 Å². The SMILES string of the molecule is CC1C(=O)N([C@H]2CCN(S(=O)(=O)c3ccccc3)C2)C(=O)N1C. The van der Waals surface area contributed by atoms with Crippen molar-refractivity contribution in [2.45, 2.75) is 30.3 Å². The van der Waals surface area contributed by atoms with Crippen LogP contribution in [0, 0.1) is 0 Å². The van der Waals surface area contributed by atoms with Gasteiger partial charge in [0.2, 0.25) is 10.0 Å². The number of hydrogen-bond donors (Lipinski definition) is 0. The van der Waals surface area contributed by atoms with Crippen molar-refractivity contribution in [1.29, 1.82) is 0 Å². The molecule has 7 nitrogen and oxygen atoms in total. The third kappa shape index (κ3) is 2.51. The summed E-state index contributed by atoms with van der Waals surface area (Å²) in [5, 5.41) is 0. The molecule has 2 aliphatic heterocycles. The number of carbonyl (C=O) groups is 2. The van der Waals surface area contributed by atoms with Gasteiger partial charge in [0.05, 0.1) is 10.9 Å². The molecule has 3 amide bonds. The Hall–Kier alpha value is -1.93. The van der Waals surface area contributed by atoms with Crippen LogP contribution in [0.25, 0.3) is 0 Å². The number of amides is 3. The van der Waals surface area contributed by atoms with Crippen LogP contribution >= 0.6 is 0 Å². The van der Waals surface area contributed by atoms with Crippen LogP contribution in [0.15, 0.2) is 35.2 Å². The van der Waals surface area contributed by atoms with Crippen molar-refractivity contribution in [2.24, 2.45) is 0 Å². The highest BCUT2D eigenvalue weighted by molar-refractivity contribution is 7.89.